The molecule has 2 N–H and O–H groups in total. The summed E-state index contributed by atoms with van der Waals surface area (Å²) < 4.78 is 38.0. The number of nitrogens with two attached hydrogens (primary N) is 1. The van der Waals surface area contributed by atoms with E-state index in [4.69, 9.17) is 5.73 Å². The molecule has 3 atom stereocenters. The average Bonchev–Trinajstić information content (AvgIpc) is 2.85. The van der Waals surface area contributed by atoms with Crippen LogP contribution in [0, 0.1) is 17.8 Å². The first kappa shape index (κ1) is 12.5. The van der Waals surface area contributed by atoms with Crippen molar-refractivity contribution in [2.45, 2.75) is 31.9 Å². The molecule has 2 bridgehead atoms. The minimum absolute atomic E-state index is 0.0425. The minimum Gasteiger partial charge on any atom is -0.394 e. The van der Waals surface area contributed by atoms with Gasteiger partial charge in [-0.15, -0.1) is 0 Å². The predicted octanol–water partition coefficient (Wildman–Crippen LogP) is 2.90. The van der Waals surface area contributed by atoms with Crippen LogP contribution in [0.2, 0.25) is 0 Å². The lowest BCUT2D eigenvalue weighted by molar-refractivity contribution is -0.0937. The highest BCUT2D eigenvalue weighted by atomic mass is 19.4. The maximum Gasteiger partial charge on any atom is 0.431 e. The van der Waals surface area contributed by atoms with E-state index < -0.39 is 11.9 Å². The molecule has 0 aliphatic heterocycles. The Balaban J connectivity index is 2.30. The van der Waals surface area contributed by atoms with Gasteiger partial charge in [0.05, 0.1) is 0 Å². The molecule has 0 amide bonds. The van der Waals surface area contributed by atoms with Gasteiger partial charge in [-0.2, -0.15) is 13.2 Å². The molecule has 2 fully saturated rings. The standard InChI is InChI=1S/C12H17F3N2/c1-17-6-10(11(16)12(13,14)15)9-5-7-2-3-8(9)4-7/h6-9H,2-5,16H2,1H3. The van der Waals surface area contributed by atoms with Crippen LogP contribution >= 0.6 is 0 Å². The number of halogens is 3. The van der Waals surface area contributed by atoms with Crippen LogP contribution in [0.25, 0.3) is 0 Å². The van der Waals surface area contributed by atoms with Crippen molar-refractivity contribution in [3.63, 3.8) is 0 Å². The van der Waals surface area contributed by atoms with Crippen molar-refractivity contribution in [3.8, 4) is 0 Å². The molecule has 2 nitrogen and oxygen atoms in total. The minimum atomic E-state index is -4.45. The summed E-state index contributed by atoms with van der Waals surface area (Å²) in [6.07, 6.45) is 0.928. The van der Waals surface area contributed by atoms with Crippen LogP contribution in [0.1, 0.15) is 25.7 Å². The Hall–Kier alpha value is -1.00. The summed E-state index contributed by atoms with van der Waals surface area (Å²) in [5.41, 5.74) is 4.50. The number of allylic oxidation sites excluding steroid dienone is 2. The van der Waals surface area contributed by atoms with Crippen molar-refractivity contribution < 1.29 is 13.2 Å². The molecule has 0 aromatic rings. The molecule has 17 heavy (non-hydrogen) atoms. The van der Waals surface area contributed by atoms with E-state index in [0.29, 0.717) is 11.8 Å². The number of rotatable bonds is 2. The van der Waals surface area contributed by atoms with Crippen LogP contribution in [-0.2, 0) is 0 Å². The third-order valence-electron chi connectivity index (χ3n) is 4.02. The highest BCUT2D eigenvalue weighted by Crippen LogP contribution is 2.51. The fourth-order valence-electron chi connectivity index (χ4n) is 3.29. The van der Waals surface area contributed by atoms with Gasteiger partial charge in [0.1, 0.15) is 5.70 Å². The highest BCUT2D eigenvalue weighted by Gasteiger charge is 2.44. The lowest BCUT2D eigenvalue weighted by Crippen LogP contribution is -2.27. The van der Waals surface area contributed by atoms with Crippen molar-refractivity contribution in [2.75, 3.05) is 7.05 Å². The van der Waals surface area contributed by atoms with E-state index in [0.717, 1.165) is 25.7 Å². The van der Waals surface area contributed by atoms with Gasteiger partial charge in [0.2, 0.25) is 0 Å². The average molecular weight is 246 g/mol. The largest absolute Gasteiger partial charge is 0.431 e. The second kappa shape index (κ2) is 4.35. The summed E-state index contributed by atoms with van der Waals surface area (Å²) in [4.78, 5) is 3.74. The van der Waals surface area contributed by atoms with Crippen molar-refractivity contribution in [1.29, 1.82) is 0 Å². The first-order valence-electron chi connectivity index (χ1n) is 5.92. The lowest BCUT2D eigenvalue weighted by Gasteiger charge is -2.24. The number of hydrogen-bond acceptors (Lipinski definition) is 2. The van der Waals surface area contributed by atoms with Crippen LogP contribution < -0.4 is 5.73 Å². The maximum absolute atomic E-state index is 12.7. The van der Waals surface area contributed by atoms with Gasteiger partial charge in [-0.05, 0) is 37.0 Å². The van der Waals surface area contributed by atoms with Crippen LogP contribution in [0.3, 0.4) is 0 Å². The Bertz CT molecular complexity index is 357. The smallest absolute Gasteiger partial charge is 0.394 e. The molecular formula is C12H17F3N2. The van der Waals surface area contributed by atoms with Crippen LogP contribution in [0.5, 0.6) is 0 Å². The van der Waals surface area contributed by atoms with Gasteiger partial charge in [0, 0.05) is 18.8 Å². The molecule has 0 spiro atoms. The Morgan fingerprint density at radius 3 is 2.41 bits per heavy atom. The zero-order valence-electron chi connectivity index (χ0n) is 9.80. The van der Waals surface area contributed by atoms with Crippen LogP contribution in [-0.4, -0.2) is 19.4 Å². The summed E-state index contributed by atoms with van der Waals surface area (Å²) in [6.45, 7) is 0. The van der Waals surface area contributed by atoms with E-state index in [2.05, 4.69) is 4.99 Å². The lowest BCUT2D eigenvalue weighted by atomic mass is 9.82. The zero-order valence-corrected chi connectivity index (χ0v) is 9.80. The summed E-state index contributed by atoms with van der Waals surface area (Å²) in [5.74, 6) is 0.916. The van der Waals surface area contributed by atoms with Crippen molar-refractivity contribution in [3.05, 3.63) is 11.3 Å². The van der Waals surface area contributed by atoms with Gasteiger partial charge in [0.25, 0.3) is 0 Å². The topological polar surface area (TPSA) is 38.4 Å². The predicted molar refractivity (Wildman–Crippen MR) is 60.6 cm³/mol. The summed E-state index contributed by atoms with van der Waals surface area (Å²) >= 11 is 0. The third-order valence-corrected chi connectivity index (χ3v) is 4.02. The van der Waals surface area contributed by atoms with E-state index in [9.17, 15) is 13.2 Å². The maximum atomic E-state index is 12.7. The highest BCUT2D eigenvalue weighted by molar-refractivity contribution is 5.80. The molecule has 96 valence electrons. The van der Waals surface area contributed by atoms with Crippen molar-refractivity contribution >= 4 is 6.21 Å². The first-order chi connectivity index (χ1) is 7.93. The second-order valence-corrected chi connectivity index (χ2v) is 5.04. The molecule has 2 rings (SSSR count). The van der Waals surface area contributed by atoms with Gasteiger partial charge in [-0.25, -0.2) is 0 Å². The number of hydrogen-bond donors (Lipinski definition) is 1. The van der Waals surface area contributed by atoms with E-state index in [1.165, 1.54) is 13.3 Å². The number of alkyl halides is 3. The molecule has 2 aliphatic rings. The van der Waals surface area contributed by atoms with Gasteiger partial charge in [0.15, 0.2) is 0 Å². The summed E-state index contributed by atoms with van der Waals surface area (Å²) in [6, 6.07) is 0. The molecular weight excluding hydrogens is 229 g/mol. The van der Waals surface area contributed by atoms with Gasteiger partial charge < -0.3 is 5.73 Å². The molecule has 0 saturated heterocycles. The van der Waals surface area contributed by atoms with E-state index in [1.807, 2.05) is 0 Å². The van der Waals surface area contributed by atoms with E-state index >= 15 is 0 Å². The number of fused-ring (bicyclic) bond motifs is 2. The Kier molecular flexibility index (Phi) is 3.19. The Labute approximate surface area is 98.8 Å². The second-order valence-electron chi connectivity index (χ2n) is 5.04. The summed E-state index contributed by atoms with van der Waals surface area (Å²) in [7, 11) is 1.48. The van der Waals surface area contributed by atoms with Gasteiger partial charge in [-0.3, -0.25) is 4.99 Å². The van der Waals surface area contributed by atoms with Crippen LogP contribution in [0.15, 0.2) is 16.3 Å². The third kappa shape index (κ3) is 2.33. The van der Waals surface area contributed by atoms with Gasteiger partial charge >= 0.3 is 6.18 Å². The molecule has 0 aromatic carbocycles. The molecule has 0 aromatic heterocycles. The van der Waals surface area contributed by atoms with E-state index in [-0.39, 0.29) is 11.5 Å². The molecule has 0 heterocycles. The molecule has 0 radical (unpaired) electrons. The van der Waals surface area contributed by atoms with Gasteiger partial charge in [-0.1, -0.05) is 6.42 Å². The monoisotopic (exact) mass is 246 g/mol. The normalized spacial score (nSPS) is 34.5. The zero-order chi connectivity index (χ0) is 12.6. The molecule has 2 saturated carbocycles. The van der Waals surface area contributed by atoms with Crippen molar-refractivity contribution in [2.24, 2.45) is 28.5 Å². The molecule has 3 unspecified atom stereocenters. The van der Waals surface area contributed by atoms with Crippen molar-refractivity contribution in [1.82, 2.24) is 0 Å². The fraction of sp³-hybridized carbons (Fsp3) is 0.750. The number of aliphatic imine (C=N–C) groups is 1. The van der Waals surface area contributed by atoms with Crippen LogP contribution in [0.4, 0.5) is 13.2 Å². The quantitative estimate of drug-likeness (QED) is 0.747. The Morgan fingerprint density at radius 1 is 1.29 bits per heavy atom. The van der Waals surface area contributed by atoms with E-state index in [1.54, 1.807) is 0 Å². The molecule has 5 heteroatoms. The first-order valence-corrected chi connectivity index (χ1v) is 5.92. The summed E-state index contributed by atoms with van der Waals surface area (Å²) in [5, 5.41) is 0. The number of nitrogens with zero attached hydrogens (tertiary/aromatic N) is 1. The SMILES string of the molecule is CN=CC(=C(N)C(F)(F)F)C1CC2CCC1C2. The fourth-order valence-corrected chi connectivity index (χ4v) is 3.29. The Morgan fingerprint density at radius 2 is 2.00 bits per heavy atom. The molecule has 2 aliphatic carbocycles.